The minimum Gasteiger partial charge on any atom is -0.420 e. The van der Waals surface area contributed by atoms with Crippen LogP contribution in [0.4, 0.5) is 0 Å². The Morgan fingerprint density at radius 2 is 1.76 bits per heavy atom. The van der Waals surface area contributed by atoms with E-state index < -0.39 is 0 Å². The maximum atomic E-state index is 9.82. The lowest BCUT2D eigenvalue weighted by atomic mass is 9.81. The second kappa shape index (κ2) is 6.98. The van der Waals surface area contributed by atoms with E-state index in [1.54, 1.807) is 0 Å². The number of nitriles is 1. The highest BCUT2D eigenvalue weighted by Gasteiger charge is 2.35. The smallest absolute Gasteiger partial charge is 0.244 e. The third kappa shape index (κ3) is 3.37. The number of H-pyrrole nitrogens is 1. The zero-order chi connectivity index (χ0) is 20.8. The molecule has 0 saturated heterocycles. The maximum Gasteiger partial charge on any atom is 0.244 e. The van der Waals surface area contributed by atoms with Crippen LogP contribution in [0.5, 0.6) is 5.88 Å². The van der Waals surface area contributed by atoms with Crippen LogP contribution in [-0.2, 0) is 5.41 Å². The zero-order valence-corrected chi connectivity index (χ0v) is 17.2. The van der Waals surface area contributed by atoms with Crippen molar-refractivity contribution >= 4 is 11.6 Å². The molecule has 0 saturated carbocycles. The Hall–Kier alpha value is -3.23. The molecule has 1 atom stereocenters. The number of benzene rings is 2. The Morgan fingerprint density at radius 1 is 1.10 bits per heavy atom. The molecule has 2 aromatic carbocycles. The Balaban J connectivity index is 1.88. The number of nitrogens with zero attached hydrogens (tertiary/aromatic N) is 2. The summed E-state index contributed by atoms with van der Waals surface area (Å²) in [5, 5.41) is 17.8. The highest BCUT2D eigenvalue weighted by Crippen LogP contribution is 2.45. The molecule has 0 radical (unpaired) electrons. The first-order chi connectivity index (χ1) is 13.8. The van der Waals surface area contributed by atoms with Crippen LogP contribution in [0, 0.1) is 11.3 Å². The topological polar surface area (TPSA) is 87.7 Å². The number of nitrogens with two attached hydrogens (primary N) is 1. The number of hydrogen-bond donors (Lipinski definition) is 2. The molecule has 5 nitrogen and oxygen atoms in total. The van der Waals surface area contributed by atoms with E-state index >= 15 is 0 Å². The Labute approximate surface area is 174 Å². The summed E-state index contributed by atoms with van der Waals surface area (Å²) in [5.74, 6) is 0.0950. The first-order valence-electron chi connectivity index (χ1n) is 9.32. The van der Waals surface area contributed by atoms with Crippen molar-refractivity contribution in [1.82, 2.24) is 10.2 Å². The van der Waals surface area contributed by atoms with E-state index in [0.29, 0.717) is 16.5 Å². The average Bonchev–Trinajstić information content (AvgIpc) is 3.10. The average molecular weight is 405 g/mol. The predicted molar refractivity (Wildman–Crippen MR) is 113 cm³/mol. The number of aromatic amines is 1. The van der Waals surface area contributed by atoms with E-state index in [1.807, 2.05) is 36.4 Å². The normalized spacial score (nSPS) is 16.2. The molecule has 0 bridgehead atoms. The fourth-order valence-corrected chi connectivity index (χ4v) is 3.72. The number of nitrogens with one attached hydrogen (secondary N) is 1. The van der Waals surface area contributed by atoms with Gasteiger partial charge >= 0.3 is 0 Å². The van der Waals surface area contributed by atoms with E-state index in [2.05, 4.69) is 49.2 Å². The summed E-state index contributed by atoms with van der Waals surface area (Å²) in [7, 11) is 0. The van der Waals surface area contributed by atoms with Gasteiger partial charge in [-0.2, -0.15) is 5.26 Å². The van der Waals surface area contributed by atoms with Crippen LogP contribution >= 0.6 is 11.6 Å². The first kappa shape index (κ1) is 19.1. The van der Waals surface area contributed by atoms with Gasteiger partial charge < -0.3 is 10.5 Å². The van der Waals surface area contributed by atoms with Gasteiger partial charge in [0.15, 0.2) is 0 Å². The van der Waals surface area contributed by atoms with Gasteiger partial charge in [-0.15, -0.1) is 5.10 Å². The van der Waals surface area contributed by atoms with Crippen LogP contribution in [0.1, 0.15) is 43.4 Å². The van der Waals surface area contributed by atoms with Gasteiger partial charge in [0.1, 0.15) is 11.6 Å². The van der Waals surface area contributed by atoms with Crippen LogP contribution in [0.3, 0.4) is 0 Å². The van der Waals surface area contributed by atoms with Crippen LogP contribution in [0.2, 0.25) is 5.02 Å². The molecule has 4 rings (SSSR count). The Bertz CT molecular complexity index is 1130. The van der Waals surface area contributed by atoms with Gasteiger partial charge in [0, 0.05) is 10.6 Å². The molecule has 0 unspecified atom stereocenters. The molecule has 0 amide bonds. The highest BCUT2D eigenvalue weighted by atomic mass is 35.5. The third-order valence-electron chi connectivity index (χ3n) is 5.18. The number of aromatic nitrogens is 2. The van der Waals surface area contributed by atoms with Crippen molar-refractivity contribution in [1.29, 1.82) is 5.26 Å². The molecule has 1 aliphatic rings. The second-order valence-electron chi connectivity index (χ2n) is 8.12. The van der Waals surface area contributed by atoms with Crippen molar-refractivity contribution in [2.45, 2.75) is 32.1 Å². The lowest BCUT2D eigenvalue weighted by molar-refractivity contribution is 0.379. The number of ether oxygens (including phenoxy) is 1. The summed E-state index contributed by atoms with van der Waals surface area (Å²) < 4.78 is 5.66. The molecule has 1 aromatic heterocycles. The van der Waals surface area contributed by atoms with Gasteiger partial charge in [-0.25, -0.2) is 0 Å². The zero-order valence-electron chi connectivity index (χ0n) is 16.5. The summed E-state index contributed by atoms with van der Waals surface area (Å²) in [6, 6.07) is 18.0. The van der Waals surface area contributed by atoms with Crippen molar-refractivity contribution in [3.8, 4) is 23.2 Å². The number of halogens is 1. The molecule has 0 spiro atoms. The molecule has 0 fully saturated rings. The molecule has 6 heteroatoms. The Morgan fingerprint density at radius 3 is 2.34 bits per heavy atom. The number of rotatable bonds is 2. The third-order valence-corrected chi connectivity index (χ3v) is 5.43. The van der Waals surface area contributed by atoms with Gasteiger partial charge in [0.05, 0.1) is 17.2 Å². The fraction of sp³-hybridized carbons (Fsp3) is 0.217. The first-order valence-corrected chi connectivity index (χ1v) is 9.69. The Kier molecular flexibility index (Phi) is 4.60. The minimum atomic E-state index is -0.373. The quantitative estimate of drug-likeness (QED) is 0.610. The second-order valence-corrected chi connectivity index (χ2v) is 8.56. The van der Waals surface area contributed by atoms with Gasteiger partial charge in [0.25, 0.3) is 0 Å². The minimum absolute atomic E-state index is 0.0381. The van der Waals surface area contributed by atoms with Crippen molar-refractivity contribution < 1.29 is 4.74 Å². The molecule has 146 valence electrons. The summed E-state index contributed by atoms with van der Waals surface area (Å²) in [6.07, 6.45) is 0. The van der Waals surface area contributed by atoms with Crippen molar-refractivity contribution in [2.75, 3.05) is 0 Å². The summed E-state index contributed by atoms with van der Waals surface area (Å²) in [4.78, 5) is 0. The molecular weight excluding hydrogens is 384 g/mol. The van der Waals surface area contributed by atoms with Crippen molar-refractivity contribution in [2.24, 2.45) is 5.73 Å². The van der Waals surface area contributed by atoms with Crippen LogP contribution in [0.25, 0.3) is 11.3 Å². The molecule has 3 N–H and O–H groups in total. The molecular formula is C23H21ClN4O. The van der Waals surface area contributed by atoms with Gasteiger partial charge in [-0.3, -0.25) is 5.10 Å². The van der Waals surface area contributed by atoms with Crippen LogP contribution < -0.4 is 10.5 Å². The van der Waals surface area contributed by atoms with Crippen molar-refractivity contribution in [3.63, 3.8) is 0 Å². The standard InChI is InChI=1S/C23H21ClN4O/c1-23(2,3)15-8-4-13(5-9-15)18-17(12-25)21(26)29-22-19(18)20(27-28-22)14-6-10-16(24)11-7-14/h4-11,18H,26H2,1-3H3,(H,27,28)/t18-/m0/s1. The molecule has 2 heterocycles. The van der Waals surface area contributed by atoms with E-state index in [9.17, 15) is 5.26 Å². The molecule has 0 aliphatic carbocycles. The summed E-state index contributed by atoms with van der Waals surface area (Å²) in [5.41, 5.74) is 11.1. The van der Waals surface area contributed by atoms with E-state index in [4.69, 9.17) is 22.1 Å². The largest absolute Gasteiger partial charge is 0.420 e. The number of hydrogen-bond acceptors (Lipinski definition) is 4. The molecule has 29 heavy (non-hydrogen) atoms. The predicted octanol–water partition coefficient (Wildman–Crippen LogP) is 5.25. The van der Waals surface area contributed by atoms with Crippen LogP contribution in [0.15, 0.2) is 60.0 Å². The van der Waals surface area contributed by atoms with Gasteiger partial charge in [0.2, 0.25) is 11.8 Å². The SMILES string of the molecule is CC(C)(C)c1ccc([C@H]2C(C#N)=C(N)Oc3n[nH]c(-c4ccc(Cl)cc4)c32)cc1. The fourth-order valence-electron chi connectivity index (χ4n) is 3.59. The van der Waals surface area contributed by atoms with E-state index in [0.717, 1.165) is 22.4 Å². The monoisotopic (exact) mass is 404 g/mol. The van der Waals surface area contributed by atoms with Gasteiger partial charge in [-0.05, 0) is 28.7 Å². The molecule has 1 aliphatic heterocycles. The molecule has 3 aromatic rings. The maximum absolute atomic E-state index is 9.82. The van der Waals surface area contributed by atoms with Crippen molar-refractivity contribution in [3.05, 3.63) is 81.7 Å². The summed E-state index contributed by atoms with van der Waals surface area (Å²) >= 11 is 6.04. The number of fused-ring (bicyclic) bond motifs is 1. The van der Waals surface area contributed by atoms with E-state index in [-0.39, 0.29) is 17.2 Å². The lowest BCUT2D eigenvalue weighted by Crippen LogP contribution is -2.21. The summed E-state index contributed by atoms with van der Waals surface area (Å²) in [6.45, 7) is 6.51. The van der Waals surface area contributed by atoms with E-state index in [1.165, 1.54) is 5.56 Å². The number of allylic oxidation sites excluding steroid dienone is 1. The van der Waals surface area contributed by atoms with Gasteiger partial charge in [-0.1, -0.05) is 68.8 Å². The van der Waals surface area contributed by atoms with Crippen LogP contribution in [-0.4, -0.2) is 10.2 Å². The highest BCUT2D eigenvalue weighted by molar-refractivity contribution is 6.30. The lowest BCUT2D eigenvalue weighted by Gasteiger charge is -2.25.